The Balaban J connectivity index is 2.67. The predicted molar refractivity (Wildman–Crippen MR) is 59.8 cm³/mol. The molecule has 2 N–H and O–H groups in total. The van der Waals surface area contributed by atoms with Gasteiger partial charge >= 0.3 is 18.3 Å². The standard InChI is InChI=1S/C9H14F4N2O4S/c10-8(11)9(12,13)5-14-20(18,19)15-3-1-2-6(4-15)7(16)17/h6,8,14H,1-5H2,(H,16,17). The molecule has 0 radical (unpaired) electrons. The molecule has 1 aliphatic rings. The fourth-order valence-electron chi connectivity index (χ4n) is 1.72. The maximum Gasteiger partial charge on any atom is 0.320 e. The predicted octanol–water partition coefficient (Wildman–Crippen LogP) is 0.518. The van der Waals surface area contributed by atoms with Crippen LogP contribution in [0.1, 0.15) is 12.8 Å². The van der Waals surface area contributed by atoms with E-state index in [9.17, 15) is 30.8 Å². The van der Waals surface area contributed by atoms with E-state index in [0.29, 0.717) is 4.31 Å². The normalized spacial score (nSPS) is 22.1. The fourth-order valence-corrected chi connectivity index (χ4v) is 3.02. The molecular weight excluding hydrogens is 308 g/mol. The van der Waals surface area contributed by atoms with Crippen LogP contribution in [0.15, 0.2) is 0 Å². The number of alkyl halides is 4. The summed E-state index contributed by atoms with van der Waals surface area (Å²) >= 11 is 0. The van der Waals surface area contributed by atoms with Crippen molar-refractivity contribution in [2.24, 2.45) is 5.92 Å². The minimum Gasteiger partial charge on any atom is -0.481 e. The Labute approximate surface area is 112 Å². The number of hydrogen-bond donors (Lipinski definition) is 2. The van der Waals surface area contributed by atoms with Gasteiger partial charge in [0.1, 0.15) is 0 Å². The average molecular weight is 322 g/mol. The van der Waals surface area contributed by atoms with E-state index in [1.165, 1.54) is 4.72 Å². The van der Waals surface area contributed by atoms with Crippen LogP contribution in [0.3, 0.4) is 0 Å². The van der Waals surface area contributed by atoms with Crippen molar-refractivity contribution in [3.05, 3.63) is 0 Å². The second-order valence-electron chi connectivity index (χ2n) is 4.42. The van der Waals surface area contributed by atoms with Crippen molar-refractivity contribution in [3.8, 4) is 0 Å². The molecule has 1 heterocycles. The van der Waals surface area contributed by atoms with Crippen molar-refractivity contribution in [3.63, 3.8) is 0 Å². The monoisotopic (exact) mass is 322 g/mol. The molecule has 1 rings (SSSR count). The van der Waals surface area contributed by atoms with Crippen LogP contribution in [0.25, 0.3) is 0 Å². The van der Waals surface area contributed by atoms with Gasteiger partial charge in [-0.05, 0) is 12.8 Å². The van der Waals surface area contributed by atoms with Crippen LogP contribution in [0.2, 0.25) is 0 Å². The minimum atomic E-state index is -4.48. The van der Waals surface area contributed by atoms with E-state index in [0.717, 1.165) is 0 Å². The van der Waals surface area contributed by atoms with Gasteiger partial charge in [-0.2, -0.15) is 26.2 Å². The summed E-state index contributed by atoms with van der Waals surface area (Å²) in [5.74, 6) is -6.60. The maximum absolute atomic E-state index is 12.7. The lowest BCUT2D eigenvalue weighted by molar-refractivity contribution is -0.142. The zero-order valence-corrected chi connectivity index (χ0v) is 11.0. The summed E-state index contributed by atoms with van der Waals surface area (Å²) in [7, 11) is -4.41. The summed E-state index contributed by atoms with van der Waals surface area (Å²) in [6.45, 7) is -2.15. The highest BCUT2D eigenvalue weighted by atomic mass is 32.2. The Morgan fingerprint density at radius 2 is 2.05 bits per heavy atom. The summed E-state index contributed by atoms with van der Waals surface area (Å²) in [6.07, 6.45) is -3.46. The highest BCUT2D eigenvalue weighted by Gasteiger charge is 2.42. The molecule has 1 aliphatic heterocycles. The van der Waals surface area contributed by atoms with E-state index >= 15 is 0 Å². The van der Waals surface area contributed by atoms with Gasteiger partial charge in [0.15, 0.2) is 0 Å². The highest BCUT2D eigenvalue weighted by molar-refractivity contribution is 7.87. The topological polar surface area (TPSA) is 86.7 Å². The van der Waals surface area contributed by atoms with Crippen LogP contribution < -0.4 is 4.72 Å². The number of nitrogens with zero attached hydrogens (tertiary/aromatic N) is 1. The Kier molecular flexibility index (Phi) is 5.33. The van der Waals surface area contributed by atoms with E-state index < -0.39 is 41.0 Å². The first kappa shape index (κ1) is 17.1. The van der Waals surface area contributed by atoms with Crippen molar-refractivity contribution in [1.29, 1.82) is 0 Å². The van der Waals surface area contributed by atoms with Crippen molar-refractivity contribution in [1.82, 2.24) is 9.03 Å². The number of carboxylic acid groups (broad SMARTS) is 1. The third-order valence-corrected chi connectivity index (χ3v) is 4.40. The first-order valence-corrected chi connectivity index (χ1v) is 7.14. The number of piperidine rings is 1. The summed E-state index contributed by atoms with van der Waals surface area (Å²) in [5, 5.41) is 8.79. The SMILES string of the molecule is O=C(O)C1CCCN(S(=O)(=O)NCC(F)(F)C(F)F)C1. The zero-order valence-electron chi connectivity index (χ0n) is 10.2. The first-order valence-electron chi connectivity index (χ1n) is 5.70. The number of carbonyl (C=O) groups is 1. The van der Waals surface area contributed by atoms with Crippen LogP contribution in [-0.2, 0) is 15.0 Å². The van der Waals surface area contributed by atoms with E-state index in [4.69, 9.17) is 5.11 Å². The van der Waals surface area contributed by atoms with Gasteiger partial charge in [0.2, 0.25) is 0 Å². The van der Waals surface area contributed by atoms with Gasteiger partial charge in [-0.1, -0.05) is 0 Å². The van der Waals surface area contributed by atoms with Crippen LogP contribution in [0.5, 0.6) is 0 Å². The molecule has 0 bridgehead atoms. The number of carboxylic acids is 1. The van der Waals surface area contributed by atoms with E-state index in [1.807, 2.05) is 0 Å². The molecule has 0 aromatic heterocycles. The van der Waals surface area contributed by atoms with Crippen molar-refractivity contribution >= 4 is 16.2 Å². The number of rotatable bonds is 6. The molecule has 1 fully saturated rings. The van der Waals surface area contributed by atoms with Gasteiger partial charge < -0.3 is 5.11 Å². The average Bonchev–Trinajstić information content (AvgIpc) is 2.36. The van der Waals surface area contributed by atoms with E-state index in [2.05, 4.69) is 0 Å². The molecule has 11 heteroatoms. The molecule has 0 spiro atoms. The molecule has 0 amide bonds. The molecule has 0 aliphatic carbocycles. The van der Waals surface area contributed by atoms with E-state index in [-0.39, 0.29) is 25.9 Å². The summed E-state index contributed by atoms with van der Waals surface area (Å²) in [5.41, 5.74) is 0. The minimum absolute atomic E-state index is 0.0423. The number of aliphatic carboxylic acids is 1. The van der Waals surface area contributed by atoms with Crippen LogP contribution in [0.4, 0.5) is 17.6 Å². The smallest absolute Gasteiger partial charge is 0.320 e. The Morgan fingerprint density at radius 3 is 2.55 bits per heavy atom. The van der Waals surface area contributed by atoms with Gasteiger partial charge in [-0.3, -0.25) is 4.79 Å². The Bertz CT molecular complexity index is 457. The molecule has 1 unspecified atom stereocenters. The fraction of sp³-hybridized carbons (Fsp3) is 0.889. The molecule has 0 saturated carbocycles. The lowest BCUT2D eigenvalue weighted by Crippen LogP contribution is -2.50. The van der Waals surface area contributed by atoms with Gasteiger partial charge in [-0.15, -0.1) is 0 Å². The summed E-state index contributed by atoms with van der Waals surface area (Å²) in [6, 6.07) is 0. The van der Waals surface area contributed by atoms with Crippen LogP contribution in [-0.4, -0.2) is 55.8 Å². The van der Waals surface area contributed by atoms with Crippen molar-refractivity contribution in [2.45, 2.75) is 25.2 Å². The van der Waals surface area contributed by atoms with Gasteiger partial charge in [0.05, 0.1) is 12.5 Å². The molecule has 0 aromatic rings. The molecule has 6 nitrogen and oxygen atoms in total. The third kappa shape index (κ3) is 4.28. The van der Waals surface area contributed by atoms with Gasteiger partial charge in [0.25, 0.3) is 10.2 Å². The van der Waals surface area contributed by atoms with Gasteiger partial charge in [-0.25, -0.2) is 8.78 Å². The Morgan fingerprint density at radius 1 is 1.45 bits per heavy atom. The molecule has 118 valence electrons. The third-order valence-electron chi connectivity index (χ3n) is 2.88. The second-order valence-corrected chi connectivity index (χ2v) is 6.18. The quantitative estimate of drug-likeness (QED) is 0.698. The molecule has 0 aromatic carbocycles. The maximum atomic E-state index is 12.7. The summed E-state index contributed by atoms with van der Waals surface area (Å²) in [4.78, 5) is 10.8. The van der Waals surface area contributed by atoms with Crippen molar-refractivity contribution in [2.75, 3.05) is 19.6 Å². The number of hydrogen-bond acceptors (Lipinski definition) is 3. The van der Waals surface area contributed by atoms with Gasteiger partial charge in [0, 0.05) is 13.1 Å². The molecular formula is C9H14F4N2O4S. The lowest BCUT2D eigenvalue weighted by Gasteiger charge is -2.30. The van der Waals surface area contributed by atoms with Crippen molar-refractivity contribution < 1.29 is 35.9 Å². The largest absolute Gasteiger partial charge is 0.481 e. The van der Waals surface area contributed by atoms with Crippen LogP contribution >= 0.6 is 0 Å². The second kappa shape index (κ2) is 6.22. The highest BCUT2D eigenvalue weighted by Crippen LogP contribution is 2.23. The lowest BCUT2D eigenvalue weighted by atomic mass is 10.0. The van der Waals surface area contributed by atoms with Crippen LogP contribution in [0, 0.1) is 5.92 Å². The zero-order chi connectivity index (χ0) is 15.6. The molecule has 1 saturated heterocycles. The molecule has 20 heavy (non-hydrogen) atoms. The Hall–Kier alpha value is -0.940. The summed E-state index contributed by atoms with van der Waals surface area (Å²) < 4.78 is 74.6. The molecule has 1 atom stereocenters. The van der Waals surface area contributed by atoms with E-state index in [1.54, 1.807) is 0 Å². The number of nitrogens with one attached hydrogen (secondary N) is 1. The number of halogens is 4. The first-order chi connectivity index (χ1) is 9.06.